The van der Waals surface area contributed by atoms with Crippen molar-refractivity contribution >= 4 is 0 Å². The molecule has 2 aromatic carbocycles. The summed E-state index contributed by atoms with van der Waals surface area (Å²) < 4.78 is 24.9. The lowest BCUT2D eigenvalue weighted by Gasteiger charge is -2.14. The third kappa shape index (κ3) is 3.51. The van der Waals surface area contributed by atoms with Crippen LogP contribution in [0.5, 0.6) is 17.2 Å². The predicted molar refractivity (Wildman–Crippen MR) is 78.2 cm³/mol. The molecule has 0 spiro atoms. The standard InChI is InChI=1S/C16H18FNO3/c1-18-9-12-13(17)4-3-5-14(12)21-15-7-6-11(10-19)8-16(15)20-2/h3-8,18-19H,9-10H2,1-2H3. The van der Waals surface area contributed by atoms with Crippen LogP contribution in [0.25, 0.3) is 0 Å². The number of halogens is 1. The first-order chi connectivity index (χ1) is 10.2. The van der Waals surface area contributed by atoms with Crippen molar-refractivity contribution < 1.29 is 19.0 Å². The van der Waals surface area contributed by atoms with E-state index in [1.165, 1.54) is 13.2 Å². The van der Waals surface area contributed by atoms with Gasteiger partial charge in [0.15, 0.2) is 11.5 Å². The summed E-state index contributed by atoms with van der Waals surface area (Å²) in [6, 6.07) is 9.80. The summed E-state index contributed by atoms with van der Waals surface area (Å²) in [4.78, 5) is 0. The van der Waals surface area contributed by atoms with Crippen LogP contribution in [0.4, 0.5) is 4.39 Å². The maximum atomic E-state index is 13.9. The molecule has 2 N–H and O–H groups in total. The van der Waals surface area contributed by atoms with Crippen LogP contribution in [0.1, 0.15) is 11.1 Å². The van der Waals surface area contributed by atoms with E-state index in [1.807, 2.05) is 0 Å². The second-order valence-electron chi connectivity index (χ2n) is 4.49. The number of aliphatic hydroxyl groups excluding tert-OH is 1. The smallest absolute Gasteiger partial charge is 0.169 e. The molecule has 5 heteroatoms. The molecule has 21 heavy (non-hydrogen) atoms. The zero-order valence-corrected chi connectivity index (χ0v) is 12.0. The van der Waals surface area contributed by atoms with Crippen LogP contribution in [0.2, 0.25) is 0 Å². The van der Waals surface area contributed by atoms with Crippen LogP contribution >= 0.6 is 0 Å². The lowest BCUT2D eigenvalue weighted by Crippen LogP contribution is -2.08. The maximum Gasteiger partial charge on any atom is 0.169 e. The van der Waals surface area contributed by atoms with E-state index in [-0.39, 0.29) is 12.4 Å². The van der Waals surface area contributed by atoms with Gasteiger partial charge in [0.2, 0.25) is 0 Å². The molecule has 0 radical (unpaired) electrons. The molecule has 0 saturated carbocycles. The fraction of sp³-hybridized carbons (Fsp3) is 0.250. The number of methoxy groups -OCH3 is 1. The van der Waals surface area contributed by atoms with Gasteiger partial charge in [0.25, 0.3) is 0 Å². The van der Waals surface area contributed by atoms with E-state index < -0.39 is 0 Å². The van der Waals surface area contributed by atoms with Gasteiger partial charge in [0.05, 0.1) is 13.7 Å². The van der Waals surface area contributed by atoms with E-state index in [1.54, 1.807) is 37.4 Å². The Balaban J connectivity index is 2.36. The van der Waals surface area contributed by atoms with Crippen molar-refractivity contribution in [1.82, 2.24) is 5.32 Å². The quantitative estimate of drug-likeness (QED) is 0.859. The molecular weight excluding hydrogens is 273 g/mol. The van der Waals surface area contributed by atoms with Crippen molar-refractivity contribution in [2.75, 3.05) is 14.2 Å². The Morgan fingerprint density at radius 2 is 1.95 bits per heavy atom. The molecule has 2 rings (SSSR count). The fourth-order valence-corrected chi connectivity index (χ4v) is 2.00. The Morgan fingerprint density at radius 3 is 2.62 bits per heavy atom. The average molecular weight is 291 g/mol. The van der Waals surface area contributed by atoms with E-state index in [0.717, 1.165) is 0 Å². The normalized spacial score (nSPS) is 10.5. The van der Waals surface area contributed by atoms with Gasteiger partial charge < -0.3 is 19.9 Å². The van der Waals surface area contributed by atoms with Crippen LogP contribution in [0.3, 0.4) is 0 Å². The molecule has 0 fully saturated rings. The first kappa shape index (κ1) is 15.3. The molecule has 2 aromatic rings. The minimum absolute atomic E-state index is 0.0817. The Kier molecular flexibility index (Phi) is 5.14. The summed E-state index contributed by atoms with van der Waals surface area (Å²) in [5.74, 6) is 1.06. The highest BCUT2D eigenvalue weighted by Gasteiger charge is 2.12. The van der Waals surface area contributed by atoms with Gasteiger partial charge in [0.1, 0.15) is 11.6 Å². The van der Waals surface area contributed by atoms with Crippen molar-refractivity contribution in [3.63, 3.8) is 0 Å². The van der Waals surface area contributed by atoms with Crippen LogP contribution in [-0.2, 0) is 13.2 Å². The topological polar surface area (TPSA) is 50.7 Å². The van der Waals surface area contributed by atoms with Crippen molar-refractivity contribution in [3.8, 4) is 17.2 Å². The van der Waals surface area contributed by atoms with E-state index in [4.69, 9.17) is 14.6 Å². The zero-order chi connectivity index (χ0) is 15.2. The minimum Gasteiger partial charge on any atom is -0.493 e. The van der Waals surface area contributed by atoms with E-state index in [0.29, 0.717) is 34.9 Å². The highest BCUT2D eigenvalue weighted by atomic mass is 19.1. The van der Waals surface area contributed by atoms with Gasteiger partial charge in [-0.1, -0.05) is 12.1 Å². The average Bonchev–Trinajstić information content (AvgIpc) is 2.51. The number of ether oxygens (including phenoxy) is 2. The third-order valence-corrected chi connectivity index (χ3v) is 3.06. The van der Waals surface area contributed by atoms with E-state index in [9.17, 15) is 4.39 Å². The number of nitrogens with one attached hydrogen (secondary N) is 1. The zero-order valence-electron chi connectivity index (χ0n) is 12.0. The van der Waals surface area contributed by atoms with Crippen LogP contribution < -0.4 is 14.8 Å². The SMILES string of the molecule is CNCc1c(F)cccc1Oc1ccc(CO)cc1OC. The van der Waals surface area contributed by atoms with E-state index >= 15 is 0 Å². The van der Waals surface area contributed by atoms with Crippen LogP contribution in [-0.4, -0.2) is 19.3 Å². The Bertz CT molecular complexity index is 616. The monoisotopic (exact) mass is 291 g/mol. The summed E-state index contributed by atoms with van der Waals surface area (Å²) >= 11 is 0. The van der Waals surface area contributed by atoms with Gasteiger partial charge in [-0.05, 0) is 36.9 Å². The molecule has 0 atom stereocenters. The van der Waals surface area contributed by atoms with Gasteiger partial charge in [-0.15, -0.1) is 0 Å². The van der Waals surface area contributed by atoms with Gasteiger partial charge in [0, 0.05) is 12.1 Å². The molecule has 4 nitrogen and oxygen atoms in total. The highest BCUT2D eigenvalue weighted by molar-refractivity contribution is 5.47. The van der Waals surface area contributed by atoms with Gasteiger partial charge in [-0.3, -0.25) is 0 Å². The molecule has 0 aliphatic carbocycles. The number of hydrogen-bond donors (Lipinski definition) is 2. The third-order valence-electron chi connectivity index (χ3n) is 3.06. The van der Waals surface area contributed by atoms with E-state index in [2.05, 4.69) is 5.32 Å². The van der Waals surface area contributed by atoms with Crippen molar-refractivity contribution in [1.29, 1.82) is 0 Å². The summed E-state index contributed by atoms with van der Waals surface area (Å²) in [5.41, 5.74) is 1.17. The van der Waals surface area contributed by atoms with Crippen LogP contribution in [0, 0.1) is 5.82 Å². The molecule has 0 saturated heterocycles. The molecular formula is C16H18FNO3. The first-order valence-corrected chi connectivity index (χ1v) is 6.57. The molecule has 0 aliphatic rings. The van der Waals surface area contributed by atoms with Crippen LogP contribution in [0.15, 0.2) is 36.4 Å². The lowest BCUT2D eigenvalue weighted by atomic mass is 10.1. The minimum atomic E-state index is -0.326. The largest absolute Gasteiger partial charge is 0.493 e. The van der Waals surface area contributed by atoms with Crippen molar-refractivity contribution in [3.05, 3.63) is 53.3 Å². The molecule has 0 aliphatic heterocycles. The number of rotatable bonds is 6. The second kappa shape index (κ2) is 7.06. The number of hydrogen-bond acceptors (Lipinski definition) is 4. The fourth-order valence-electron chi connectivity index (χ4n) is 2.00. The predicted octanol–water partition coefficient (Wildman–Crippen LogP) is 2.84. The Labute approximate surface area is 123 Å². The molecule has 112 valence electrons. The molecule has 0 amide bonds. The summed E-state index contributed by atoms with van der Waals surface area (Å²) in [6.07, 6.45) is 0. The summed E-state index contributed by atoms with van der Waals surface area (Å²) in [7, 11) is 3.26. The molecule has 0 unspecified atom stereocenters. The van der Waals surface area contributed by atoms with Gasteiger partial charge >= 0.3 is 0 Å². The Hall–Kier alpha value is -2.11. The molecule has 0 heterocycles. The number of benzene rings is 2. The molecule has 0 bridgehead atoms. The first-order valence-electron chi connectivity index (χ1n) is 6.57. The maximum absolute atomic E-state index is 13.9. The summed E-state index contributed by atoms with van der Waals surface area (Å²) in [6.45, 7) is 0.278. The van der Waals surface area contributed by atoms with Gasteiger partial charge in [-0.2, -0.15) is 0 Å². The van der Waals surface area contributed by atoms with Crippen molar-refractivity contribution in [2.24, 2.45) is 0 Å². The second-order valence-corrected chi connectivity index (χ2v) is 4.49. The number of aliphatic hydroxyl groups is 1. The molecule has 0 aromatic heterocycles. The lowest BCUT2D eigenvalue weighted by molar-refractivity contribution is 0.280. The Morgan fingerprint density at radius 1 is 1.14 bits per heavy atom. The summed E-state index contributed by atoms with van der Waals surface area (Å²) in [5, 5.41) is 12.0. The van der Waals surface area contributed by atoms with Crippen molar-refractivity contribution in [2.45, 2.75) is 13.2 Å². The highest BCUT2D eigenvalue weighted by Crippen LogP contribution is 2.34. The van der Waals surface area contributed by atoms with Gasteiger partial charge in [-0.25, -0.2) is 4.39 Å².